The normalized spacial score (nSPS) is 10.7. The Balaban J connectivity index is 2.71. The minimum Gasteiger partial charge on any atom is -0.324 e. The van der Waals surface area contributed by atoms with Gasteiger partial charge in [-0.3, -0.25) is 4.79 Å². The van der Waals surface area contributed by atoms with Crippen molar-refractivity contribution in [1.29, 1.82) is 0 Å². The topological polar surface area (TPSA) is 20.3 Å². The van der Waals surface area contributed by atoms with Crippen molar-refractivity contribution in [3.63, 3.8) is 0 Å². The first-order chi connectivity index (χ1) is 8.77. The summed E-state index contributed by atoms with van der Waals surface area (Å²) in [6.07, 6.45) is 12.2. The Bertz CT molecular complexity index is 466. The van der Waals surface area contributed by atoms with Gasteiger partial charge < -0.3 is 4.90 Å². The van der Waals surface area contributed by atoms with E-state index < -0.39 is 0 Å². The highest BCUT2D eigenvalue weighted by Crippen LogP contribution is 2.04. The van der Waals surface area contributed by atoms with E-state index in [1.807, 2.05) is 49.4 Å². The third kappa shape index (κ3) is 4.71. The van der Waals surface area contributed by atoms with E-state index in [4.69, 9.17) is 6.42 Å². The molecule has 1 aromatic carbocycles. The number of amides is 1. The van der Waals surface area contributed by atoms with Crippen LogP contribution in [0, 0.1) is 12.3 Å². The summed E-state index contributed by atoms with van der Waals surface area (Å²) in [5.74, 6) is 2.44. The second kappa shape index (κ2) is 7.92. The fraction of sp³-hybridized carbons (Fsp3) is 0.188. The predicted octanol–water partition coefficient (Wildman–Crippen LogP) is 2.78. The molecule has 18 heavy (non-hydrogen) atoms. The molecule has 0 aliphatic heterocycles. The third-order valence-electron chi connectivity index (χ3n) is 2.35. The van der Waals surface area contributed by atoms with Crippen LogP contribution in [0.2, 0.25) is 0 Å². The van der Waals surface area contributed by atoms with Gasteiger partial charge in [-0.2, -0.15) is 0 Å². The third-order valence-corrected chi connectivity index (χ3v) is 2.35. The number of hydrogen-bond donors (Lipinski definition) is 0. The Morgan fingerprint density at radius 1 is 1.33 bits per heavy atom. The minimum absolute atomic E-state index is 0.0742. The number of hydrogen-bond acceptors (Lipinski definition) is 1. The Kier molecular flexibility index (Phi) is 6.07. The maximum Gasteiger partial charge on any atom is 0.247 e. The molecule has 1 amide bonds. The molecule has 0 heterocycles. The predicted molar refractivity (Wildman–Crippen MR) is 74.6 cm³/mol. The van der Waals surface area contributed by atoms with Gasteiger partial charge in [0.2, 0.25) is 5.91 Å². The van der Waals surface area contributed by atoms with E-state index in [1.54, 1.807) is 11.0 Å². The van der Waals surface area contributed by atoms with E-state index in [9.17, 15) is 4.79 Å². The Morgan fingerprint density at radius 3 is 2.67 bits per heavy atom. The Morgan fingerprint density at radius 2 is 2.06 bits per heavy atom. The molecule has 0 aromatic heterocycles. The first-order valence-electron chi connectivity index (χ1n) is 5.83. The first-order valence-corrected chi connectivity index (χ1v) is 5.83. The standard InChI is InChI=1S/C16H17NO/c1-3-5-7-12-16(18)17(13-4-2)14-15-10-8-6-9-11-15/h2-3,5-12H,13-14H2,1H3/b5-3+,12-7+. The van der Waals surface area contributed by atoms with Crippen molar-refractivity contribution >= 4 is 5.91 Å². The summed E-state index contributed by atoms with van der Waals surface area (Å²) in [6, 6.07) is 9.80. The molecule has 0 saturated heterocycles. The summed E-state index contributed by atoms with van der Waals surface area (Å²) in [4.78, 5) is 13.6. The van der Waals surface area contributed by atoms with Crippen LogP contribution >= 0.6 is 0 Å². The highest BCUT2D eigenvalue weighted by molar-refractivity contribution is 5.88. The van der Waals surface area contributed by atoms with Gasteiger partial charge in [-0.25, -0.2) is 0 Å². The van der Waals surface area contributed by atoms with Gasteiger partial charge in [0.15, 0.2) is 0 Å². The number of rotatable bonds is 5. The maximum atomic E-state index is 11.9. The lowest BCUT2D eigenvalue weighted by Gasteiger charge is -2.18. The molecule has 2 heteroatoms. The molecule has 0 bridgehead atoms. The summed E-state index contributed by atoms with van der Waals surface area (Å²) in [5.41, 5.74) is 1.07. The Hall–Kier alpha value is -2.27. The van der Waals surface area contributed by atoms with E-state index >= 15 is 0 Å². The molecule has 0 fully saturated rings. The summed E-state index contributed by atoms with van der Waals surface area (Å²) in [6.45, 7) is 2.75. The van der Waals surface area contributed by atoms with Crippen LogP contribution < -0.4 is 0 Å². The number of allylic oxidation sites excluding steroid dienone is 3. The molecule has 2 nitrogen and oxygen atoms in total. The largest absolute Gasteiger partial charge is 0.324 e. The van der Waals surface area contributed by atoms with Gasteiger partial charge in [0.25, 0.3) is 0 Å². The molecule has 0 aliphatic carbocycles. The lowest BCUT2D eigenvalue weighted by atomic mass is 10.2. The van der Waals surface area contributed by atoms with Crippen LogP contribution in [0.15, 0.2) is 54.6 Å². The average molecular weight is 239 g/mol. The fourth-order valence-electron chi connectivity index (χ4n) is 1.48. The molecule has 0 saturated carbocycles. The van der Waals surface area contributed by atoms with E-state index in [0.29, 0.717) is 13.1 Å². The van der Waals surface area contributed by atoms with Crippen LogP contribution in [0.25, 0.3) is 0 Å². The van der Waals surface area contributed by atoms with Crippen LogP contribution in [0.3, 0.4) is 0 Å². The maximum absolute atomic E-state index is 11.9. The summed E-state index contributed by atoms with van der Waals surface area (Å²) >= 11 is 0. The van der Waals surface area contributed by atoms with Crippen molar-refractivity contribution in [2.24, 2.45) is 0 Å². The van der Waals surface area contributed by atoms with Crippen LogP contribution in [-0.4, -0.2) is 17.4 Å². The number of benzene rings is 1. The number of carbonyl (C=O) groups is 1. The first kappa shape index (κ1) is 13.8. The van der Waals surface area contributed by atoms with Crippen LogP contribution in [0.5, 0.6) is 0 Å². The molecule has 92 valence electrons. The zero-order chi connectivity index (χ0) is 13.2. The quantitative estimate of drug-likeness (QED) is 0.439. The van der Waals surface area contributed by atoms with E-state index in [2.05, 4.69) is 5.92 Å². The highest BCUT2D eigenvalue weighted by Gasteiger charge is 2.09. The van der Waals surface area contributed by atoms with Crippen molar-refractivity contribution in [2.75, 3.05) is 6.54 Å². The molecular formula is C16H17NO. The second-order valence-corrected chi connectivity index (χ2v) is 3.77. The van der Waals surface area contributed by atoms with Crippen LogP contribution in [-0.2, 0) is 11.3 Å². The molecule has 0 unspecified atom stereocenters. The fourth-order valence-corrected chi connectivity index (χ4v) is 1.48. The van der Waals surface area contributed by atoms with Gasteiger partial charge >= 0.3 is 0 Å². The zero-order valence-electron chi connectivity index (χ0n) is 10.5. The van der Waals surface area contributed by atoms with E-state index in [1.165, 1.54) is 6.08 Å². The lowest BCUT2D eigenvalue weighted by Crippen LogP contribution is -2.29. The van der Waals surface area contributed by atoms with Crippen LogP contribution in [0.4, 0.5) is 0 Å². The molecule has 0 N–H and O–H groups in total. The van der Waals surface area contributed by atoms with Crippen molar-refractivity contribution in [3.05, 3.63) is 60.2 Å². The molecule has 1 aromatic rings. The number of nitrogens with zero attached hydrogens (tertiary/aromatic N) is 1. The minimum atomic E-state index is -0.0742. The molecule has 1 rings (SSSR count). The lowest BCUT2D eigenvalue weighted by molar-refractivity contribution is -0.126. The van der Waals surface area contributed by atoms with Crippen LogP contribution in [0.1, 0.15) is 12.5 Å². The monoisotopic (exact) mass is 239 g/mol. The van der Waals surface area contributed by atoms with Gasteiger partial charge in [-0.1, -0.05) is 54.5 Å². The molecule has 0 spiro atoms. The van der Waals surface area contributed by atoms with E-state index in [-0.39, 0.29) is 5.91 Å². The second-order valence-electron chi connectivity index (χ2n) is 3.77. The zero-order valence-corrected chi connectivity index (χ0v) is 10.5. The van der Waals surface area contributed by atoms with E-state index in [0.717, 1.165) is 5.56 Å². The van der Waals surface area contributed by atoms with Crippen molar-refractivity contribution < 1.29 is 4.79 Å². The molecule has 0 radical (unpaired) electrons. The van der Waals surface area contributed by atoms with Crippen molar-refractivity contribution in [1.82, 2.24) is 4.90 Å². The van der Waals surface area contributed by atoms with Gasteiger partial charge in [-0.15, -0.1) is 6.42 Å². The number of terminal acetylenes is 1. The van der Waals surface area contributed by atoms with Crippen molar-refractivity contribution in [2.45, 2.75) is 13.5 Å². The summed E-state index contributed by atoms with van der Waals surface area (Å²) in [7, 11) is 0. The summed E-state index contributed by atoms with van der Waals surface area (Å²) in [5, 5.41) is 0. The summed E-state index contributed by atoms with van der Waals surface area (Å²) < 4.78 is 0. The highest BCUT2D eigenvalue weighted by atomic mass is 16.2. The number of carbonyl (C=O) groups excluding carboxylic acids is 1. The molecule has 0 atom stereocenters. The van der Waals surface area contributed by atoms with Gasteiger partial charge in [0.05, 0.1) is 6.54 Å². The average Bonchev–Trinajstić information content (AvgIpc) is 2.39. The Labute approximate surface area is 109 Å². The van der Waals surface area contributed by atoms with Crippen molar-refractivity contribution in [3.8, 4) is 12.3 Å². The van der Waals surface area contributed by atoms with Gasteiger partial charge in [0.1, 0.15) is 0 Å². The molecule has 0 aliphatic rings. The molecular weight excluding hydrogens is 222 g/mol. The SMILES string of the molecule is C#CCN(Cc1ccccc1)C(=O)/C=C/C=C/C. The van der Waals surface area contributed by atoms with Gasteiger partial charge in [0, 0.05) is 12.6 Å². The van der Waals surface area contributed by atoms with Gasteiger partial charge in [-0.05, 0) is 12.5 Å². The smallest absolute Gasteiger partial charge is 0.247 e.